The van der Waals surface area contributed by atoms with Crippen molar-refractivity contribution in [1.29, 1.82) is 0 Å². The molecule has 6 heteroatoms. The number of carbonyl (C=O) groups excluding carboxylic acids is 2. The van der Waals surface area contributed by atoms with Crippen LogP contribution in [0.2, 0.25) is 0 Å². The van der Waals surface area contributed by atoms with Crippen molar-refractivity contribution in [3.63, 3.8) is 0 Å². The fraction of sp³-hybridized carbons (Fsp3) is 0.818. The average Bonchev–Trinajstić information content (AvgIpc) is 2.37. The molecule has 98 valence electrons. The summed E-state index contributed by atoms with van der Waals surface area (Å²) in [7, 11) is 1.76. The molecule has 1 atom stereocenters. The lowest BCUT2D eigenvalue weighted by Gasteiger charge is -2.35. The third-order valence-electron chi connectivity index (χ3n) is 2.92. The van der Waals surface area contributed by atoms with Gasteiger partial charge < -0.3 is 19.9 Å². The van der Waals surface area contributed by atoms with E-state index in [-0.39, 0.29) is 18.0 Å². The highest BCUT2D eigenvalue weighted by atomic mass is 16.6. The Bertz CT molecular complexity index is 275. The van der Waals surface area contributed by atoms with Crippen molar-refractivity contribution in [3.05, 3.63) is 0 Å². The number of piperazine rings is 1. The van der Waals surface area contributed by atoms with Crippen molar-refractivity contribution < 1.29 is 14.3 Å². The fourth-order valence-corrected chi connectivity index (χ4v) is 1.72. The van der Waals surface area contributed by atoms with Crippen LogP contribution >= 0.6 is 0 Å². The van der Waals surface area contributed by atoms with Crippen LogP contribution in [-0.2, 0) is 9.53 Å². The van der Waals surface area contributed by atoms with Crippen LogP contribution in [0.25, 0.3) is 0 Å². The molecule has 1 aliphatic rings. The Hall–Kier alpha value is -1.30. The second-order valence-corrected chi connectivity index (χ2v) is 4.02. The highest BCUT2D eigenvalue weighted by Gasteiger charge is 2.26. The van der Waals surface area contributed by atoms with Crippen molar-refractivity contribution in [3.8, 4) is 0 Å². The normalized spacial score (nSPS) is 17.8. The summed E-state index contributed by atoms with van der Waals surface area (Å²) >= 11 is 0. The molecule has 0 saturated carbocycles. The quantitative estimate of drug-likeness (QED) is 0.751. The molecule has 0 aliphatic carbocycles. The number of hydrogen-bond donors (Lipinski definition) is 1. The van der Waals surface area contributed by atoms with Gasteiger partial charge in [0.15, 0.2) is 0 Å². The molecule has 17 heavy (non-hydrogen) atoms. The maximum Gasteiger partial charge on any atom is 0.409 e. The van der Waals surface area contributed by atoms with Gasteiger partial charge in [0.2, 0.25) is 5.91 Å². The number of hydrogen-bond acceptors (Lipinski definition) is 4. The first kappa shape index (κ1) is 13.8. The maximum atomic E-state index is 11.9. The monoisotopic (exact) mass is 243 g/mol. The third-order valence-corrected chi connectivity index (χ3v) is 2.92. The number of carbonyl (C=O) groups is 2. The van der Waals surface area contributed by atoms with Gasteiger partial charge in [0, 0.05) is 26.2 Å². The van der Waals surface area contributed by atoms with Crippen molar-refractivity contribution in [2.45, 2.75) is 19.9 Å². The van der Waals surface area contributed by atoms with E-state index in [4.69, 9.17) is 4.74 Å². The van der Waals surface area contributed by atoms with E-state index in [1.165, 1.54) is 0 Å². The number of nitrogens with one attached hydrogen (secondary N) is 1. The van der Waals surface area contributed by atoms with Crippen molar-refractivity contribution in [1.82, 2.24) is 15.1 Å². The SMILES string of the molecule is CCOC(=O)N1CCN(C(=O)C(C)NC)CC1. The Balaban J connectivity index is 2.40. The van der Waals surface area contributed by atoms with Crippen LogP contribution in [0.3, 0.4) is 0 Å². The summed E-state index contributed by atoms with van der Waals surface area (Å²) in [4.78, 5) is 26.7. The van der Waals surface area contributed by atoms with Crippen LogP contribution in [0.1, 0.15) is 13.8 Å². The predicted octanol–water partition coefficient (Wildman–Crippen LogP) is -0.105. The second-order valence-electron chi connectivity index (χ2n) is 4.02. The Labute approximate surface area is 102 Å². The molecule has 0 aromatic heterocycles. The molecule has 2 amide bonds. The van der Waals surface area contributed by atoms with Crippen LogP contribution < -0.4 is 5.32 Å². The summed E-state index contributed by atoms with van der Waals surface area (Å²) in [6.45, 7) is 6.23. The smallest absolute Gasteiger partial charge is 0.409 e. The van der Waals surface area contributed by atoms with E-state index in [9.17, 15) is 9.59 Å². The van der Waals surface area contributed by atoms with Gasteiger partial charge in [-0.1, -0.05) is 0 Å². The van der Waals surface area contributed by atoms with Crippen molar-refractivity contribution >= 4 is 12.0 Å². The molecule has 1 heterocycles. The Morgan fingerprint density at radius 1 is 1.24 bits per heavy atom. The van der Waals surface area contributed by atoms with Gasteiger partial charge in [-0.2, -0.15) is 0 Å². The lowest BCUT2D eigenvalue weighted by Crippen LogP contribution is -2.54. The fourth-order valence-electron chi connectivity index (χ4n) is 1.72. The number of ether oxygens (including phenoxy) is 1. The first-order valence-electron chi connectivity index (χ1n) is 5.97. The molecule has 1 rings (SSSR count). The van der Waals surface area contributed by atoms with Crippen LogP contribution in [0.4, 0.5) is 4.79 Å². The molecule has 6 nitrogen and oxygen atoms in total. The van der Waals surface area contributed by atoms with Crippen LogP contribution in [0.15, 0.2) is 0 Å². The Morgan fingerprint density at radius 3 is 2.24 bits per heavy atom. The lowest BCUT2D eigenvalue weighted by molar-refractivity contribution is -0.134. The van der Waals surface area contributed by atoms with E-state index in [0.717, 1.165) is 0 Å². The van der Waals surface area contributed by atoms with Crippen LogP contribution in [-0.4, -0.2) is 67.7 Å². The average molecular weight is 243 g/mol. The standard InChI is InChI=1S/C11H21N3O3/c1-4-17-11(16)14-7-5-13(6-8-14)10(15)9(2)12-3/h9,12H,4-8H2,1-3H3. The highest BCUT2D eigenvalue weighted by Crippen LogP contribution is 2.05. The predicted molar refractivity (Wildman–Crippen MR) is 63.7 cm³/mol. The molecular formula is C11H21N3O3. The second kappa shape index (κ2) is 6.44. The number of likely N-dealkylation sites (N-methyl/N-ethyl adjacent to an activating group) is 1. The van der Waals surface area contributed by atoms with Gasteiger partial charge in [-0.05, 0) is 20.9 Å². The van der Waals surface area contributed by atoms with Gasteiger partial charge in [-0.3, -0.25) is 4.79 Å². The van der Waals surface area contributed by atoms with Gasteiger partial charge in [-0.25, -0.2) is 4.79 Å². The van der Waals surface area contributed by atoms with E-state index in [1.807, 2.05) is 6.92 Å². The third kappa shape index (κ3) is 3.59. The zero-order valence-electron chi connectivity index (χ0n) is 10.7. The van der Waals surface area contributed by atoms with Gasteiger partial charge in [0.25, 0.3) is 0 Å². The van der Waals surface area contributed by atoms with E-state index >= 15 is 0 Å². The van der Waals surface area contributed by atoms with Gasteiger partial charge in [0.1, 0.15) is 0 Å². The molecule has 0 aromatic carbocycles. The molecule has 1 fully saturated rings. The molecule has 0 spiro atoms. The zero-order chi connectivity index (χ0) is 12.8. The lowest BCUT2D eigenvalue weighted by atomic mass is 10.2. The molecule has 1 N–H and O–H groups in total. The molecule has 1 unspecified atom stereocenters. The van der Waals surface area contributed by atoms with E-state index < -0.39 is 0 Å². The Kier molecular flexibility index (Phi) is 5.21. The maximum absolute atomic E-state index is 11.9. The largest absolute Gasteiger partial charge is 0.450 e. The zero-order valence-corrected chi connectivity index (χ0v) is 10.7. The van der Waals surface area contributed by atoms with E-state index in [0.29, 0.717) is 32.8 Å². The van der Waals surface area contributed by atoms with Gasteiger partial charge in [0.05, 0.1) is 12.6 Å². The minimum atomic E-state index is -0.290. The summed E-state index contributed by atoms with van der Waals surface area (Å²) in [6.07, 6.45) is -0.290. The summed E-state index contributed by atoms with van der Waals surface area (Å²) in [5, 5.41) is 2.92. The van der Waals surface area contributed by atoms with Crippen molar-refractivity contribution in [2.24, 2.45) is 0 Å². The van der Waals surface area contributed by atoms with Crippen molar-refractivity contribution in [2.75, 3.05) is 39.8 Å². The van der Waals surface area contributed by atoms with Crippen LogP contribution in [0, 0.1) is 0 Å². The summed E-state index contributed by atoms with van der Waals surface area (Å²) in [5.74, 6) is 0.0796. The summed E-state index contributed by atoms with van der Waals surface area (Å²) in [5.41, 5.74) is 0. The molecule has 0 bridgehead atoms. The first-order chi connectivity index (χ1) is 8.10. The molecule has 0 radical (unpaired) electrons. The minimum Gasteiger partial charge on any atom is -0.450 e. The first-order valence-corrected chi connectivity index (χ1v) is 5.97. The minimum absolute atomic E-state index is 0.0796. The number of rotatable bonds is 3. The molecular weight excluding hydrogens is 222 g/mol. The summed E-state index contributed by atoms with van der Waals surface area (Å²) in [6, 6.07) is -0.177. The summed E-state index contributed by atoms with van der Waals surface area (Å²) < 4.78 is 4.92. The number of amides is 2. The van der Waals surface area contributed by atoms with E-state index in [1.54, 1.807) is 23.8 Å². The molecule has 0 aromatic rings. The topological polar surface area (TPSA) is 61.9 Å². The van der Waals surface area contributed by atoms with E-state index in [2.05, 4.69) is 5.32 Å². The van der Waals surface area contributed by atoms with Gasteiger partial charge in [-0.15, -0.1) is 0 Å². The number of nitrogens with zero attached hydrogens (tertiary/aromatic N) is 2. The molecule has 1 saturated heterocycles. The molecule has 1 aliphatic heterocycles. The van der Waals surface area contributed by atoms with Crippen LogP contribution in [0.5, 0.6) is 0 Å². The highest BCUT2D eigenvalue weighted by molar-refractivity contribution is 5.81. The Morgan fingerprint density at radius 2 is 1.76 bits per heavy atom. The van der Waals surface area contributed by atoms with Gasteiger partial charge >= 0.3 is 6.09 Å².